The van der Waals surface area contributed by atoms with E-state index < -0.39 is 0 Å². The molecule has 72 heavy (non-hydrogen) atoms. The van der Waals surface area contributed by atoms with Crippen LogP contribution < -0.4 is 9.47 Å². The number of fused-ring (bicyclic) bond motifs is 8. The van der Waals surface area contributed by atoms with E-state index in [0.29, 0.717) is 39.5 Å². The van der Waals surface area contributed by atoms with Crippen LogP contribution in [0, 0.1) is 10.8 Å². The Labute approximate surface area is 423 Å². The van der Waals surface area contributed by atoms with Crippen LogP contribution in [-0.2, 0) is 42.1 Å². The summed E-state index contributed by atoms with van der Waals surface area (Å²) >= 11 is 0. The van der Waals surface area contributed by atoms with Gasteiger partial charge in [-0.05, 0) is 143 Å². The van der Waals surface area contributed by atoms with Crippen molar-refractivity contribution in [2.45, 2.75) is 77.2 Å². The number of hydrogen-bond donors (Lipinski definition) is 0. The summed E-state index contributed by atoms with van der Waals surface area (Å²) < 4.78 is 23.2. The average Bonchev–Trinajstić information content (AvgIpc) is 3.46. The van der Waals surface area contributed by atoms with E-state index >= 15 is 0 Å². The second-order valence-corrected chi connectivity index (χ2v) is 20.2. The van der Waals surface area contributed by atoms with E-state index in [1.165, 1.54) is 73.8 Å². The normalized spacial score (nSPS) is 23.4. The molecule has 6 saturated heterocycles. The Morgan fingerprint density at radius 2 is 0.972 bits per heavy atom. The first-order chi connectivity index (χ1) is 35.4. The lowest BCUT2D eigenvalue weighted by Gasteiger charge is -2.48. The zero-order valence-electron chi connectivity index (χ0n) is 41.2. The van der Waals surface area contributed by atoms with E-state index in [4.69, 9.17) is 18.9 Å². The molecule has 14 nitrogen and oxygen atoms in total. The lowest BCUT2D eigenvalue weighted by atomic mass is 9.73. The first kappa shape index (κ1) is 48.7. The van der Waals surface area contributed by atoms with Crippen LogP contribution in [0.4, 0.5) is 9.59 Å². The molecule has 0 N–H and O–H groups in total. The Morgan fingerprint density at radius 3 is 1.54 bits per heavy atom. The summed E-state index contributed by atoms with van der Waals surface area (Å²) in [5.41, 5.74) is 8.44. The summed E-state index contributed by atoms with van der Waals surface area (Å²) in [7, 11) is 0. The predicted molar refractivity (Wildman–Crippen MR) is 273 cm³/mol. The molecule has 14 rings (SSSR count). The maximum Gasteiger partial charge on any atom is 0.410 e. The molecule has 0 saturated carbocycles. The molecule has 10 heterocycles. The average molecular weight is 971 g/mol. The third-order valence-corrected chi connectivity index (χ3v) is 15.6. The number of ether oxygens (including phenoxy) is 4. The minimum absolute atomic E-state index is 0.128. The van der Waals surface area contributed by atoms with Crippen LogP contribution in [0.3, 0.4) is 0 Å². The standard InChI is InChI=1S/C29H32N4O3.C18H24N2O2.C11H10N2O/c34-28(36-20-29-10-14-32(15-11-29)16-12-29)33-13-9-23-3-1-2-4-26(23)27(33)24-5-7-25(8-6-24)35-19-22-17-30-21-31-18-22;21-17(20-9-5-15-3-1-2-4-16(15)13-20)22-14-18-6-10-19(11-7-18)12-8-18;1-2-4-11(5-3-1)14-8-10-6-12-9-13-7-10/h1-8,17-18,21,27H,9-16,19-20H2;1-4H,5-14H2;1-7,9H,8H2/t27-;;/m1../s1. The van der Waals surface area contributed by atoms with Gasteiger partial charge in [-0.3, -0.25) is 4.90 Å². The van der Waals surface area contributed by atoms with Crippen molar-refractivity contribution < 1.29 is 28.5 Å². The highest BCUT2D eigenvalue weighted by Gasteiger charge is 2.42. The highest BCUT2D eigenvalue weighted by Crippen LogP contribution is 2.42. The van der Waals surface area contributed by atoms with Crippen LogP contribution >= 0.6 is 0 Å². The van der Waals surface area contributed by atoms with Crippen molar-refractivity contribution in [3.05, 3.63) is 180 Å². The van der Waals surface area contributed by atoms with Gasteiger partial charge in [-0.15, -0.1) is 0 Å². The first-order valence-corrected chi connectivity index (χ1v) is 25.7. The molecule has 0 spiro atoms. The maximum atomic E-state index is 13.5. The van der Waals surface area contributed by atoms with Gasteiger partial charge in [-0.2, -0.15) is 0 Å². The number of carbonyl (C=O) groups excluding carboxylic acids is 2. The van der Waals surface area contributed by atoms with Gasteiger partial charge in [-0.25, -0.2) is 29.5 Å². The summed E-state index contributed by atoms with van der Waals surface area (Å²) in [6.07, 6.45) is 18.4. The van der Waals surface area contributed by atoms with Gasteiger partial charge in [0.2, 0.25) is 0 Å². The van der Waals surface area contributed by atoms with E-state index in [1.54, 1.807) is 24.8 Å². The van der Waals surface area contributed by atoms with Crippen molar-refractivity contribution in [3.8, 4) is 11.5 Å². The molecule has 8 aliphatic heterocycles. The molecular weight excluding hydrogens is 905 g/mol. The molecule has 6 aromatic rings. The number of hydrogen-bond acceptors (Lipinski definition) is 12. The van der Waals surface area contributed by atoms with E-state index in [2.05, 4.69) is 84.3 Å². The topological polar surface area (TPSA) is 136 Å². The van der Waals surface area contributed by atoms with Crippen LogP contribution in [-0.4, -0.2) is 117 Å². The number of nitrogens with zero attached hydrogens (tertiary/aromatic N) is 8. The monoisotopic (exact) mass is 971 g/mol. The molecule has 8 aliphatic rings. The van der Waals surface area contributed by atoms with Gasteiger partial charge in [0.05, 0.1) is 19.3 Å². The fraction of sp³-hybridized carbons (Fsp3) is 0.414. The number of carbonyl (C=O) groups is 2. The summed E-state index contributed by atoms with van der Waals surface area (Å²) in [6.45, 7) is 11.1. The molecule has 374 valence electrons. The fourth-order valence-corrected chi connectivity index (χ4v) is 11.0. The van der Waals surface area contributed by atoms with Crippen molar-refractivity contribution in [3.63, 3.8) is 0 Å². The molecule has 6 fully saturated rings. The summed E-state index contributed by atoms with van der Waals surface area (Å²) in [5, 5.41) is 0. The third kappa shape index (κ3) is 12.2. The minimum atomic E-state index is -0.207. The van der Waals surface area contributed by atoms with Crippen molar-refractivity contribution in [2.24, 2.45) is 10.8 Å². The van der Waals surface area contributed by atoms with Crippen LogP contribution in [0.25, 0.3) is 0 Å². The van der Waals surface area contributed by atoms with Crippen molar-refractivity contribution in [2.75, 3.05) is 65.6 Å². The second-order valence-electron chi connectivity index (χ2n) is 20.2. The van der Waals surface area contributed by atoms with Gasteiger partial charge >= 0.3 is 12.2 Å². The molecule has 1 atom stereocenters. The van der Waals surface area contributed by atoms with Crippen LogP contribution in [0.15, 0.2) is 141 Å². The summed E-state index contributed by atoms with van der Waals surface area (Å²) in [6, 6.07) is 34.4. The highest BCUT2D eigenvalue weighted by atomic mass is 16.6. The number of para-hydroxylation sites is 1. The quantitative estimate of drug-likeness (QED) is 0.122. The zero-order valence-corrected chi connectivity index (χ0v) is 41.2. The maximum absolute atomic E-state index is 13.5. The minimum Gasteiger partial charge on any atom is -0.489 e. The summed E-state index contributed by atoms with van der Waals surface area (Å²) in [5.74, 6) is 1.62. The predicted octanol–water partition coefficient (Wildman–Crippen LogP) is 9.35. The molecule has 4 aromatic carbocycles. The van der Waals surface area contributed by atoms with E-state index in [9.17, 15) is 9.59 Å². The van der Waals surface area contributed by atoms with Crippen molar-refractivity contribution in [1.82, 2.24) is 39.5 Å². The fourth-order valence-electron chi connectivity index (χ4n) is 11.0. The smallest absolute Gasteiger partial charge is 0.410 e. The Morgan fingerprint density at radius 1 is 0.500 bits per heavy atom. The molecule has 4 bridgehead atoms. The number of rotatable bonds is 11. The molecule has 0 radical (unpaired) electrons. The van der Waals surface area contributed by atoms with Gasteiger partial charge in [0.15, 0.2) is 0 Å². The molecule has 14 heteroatoms. The summed E-state index contributed by atoms with van der Waals surface area (Å²) in [4.78, 5) is 50.6. The Hall–Kier alpha value is -6.90. The first-order valence-electron chi connectivity index (χ1n) is 25.7. The Kier molecular flexibility index (Phi) is 15.6. The number of benzene rings is 4. The highest BCUT2D eigenvalue weighted by molar-refractivity contribution is 5.70. The van der Waals surface area contributed by atoms with Gasteiger partial charge < -0.3 is 33.6 Å². The van der Waals surface area contributed by atoms with Crippen molar-refractivity contribution in [1.29, 1.82) is 0 Å². The van der Waals surface area contributed by atoms with E-state index in [1.807, 2.05) is 58.3 Å². The zero-order chi connectivity index (χ0) is 49.0. The molecular formula is C58H66N8O6. The third-order valence-electron chi connectivity index (χ3n) is 15.6. The lowest BCUT2D eigenvalue weighted by molar-refractivity contribution is -0.0300. The van der Waals surface area contributed by atoms with Crippen molar-refractivity contribution >= 4 is 12.2 Å². The Balaban J connectivity index is 0.000000140. The van der Waals surface area contributed by atoms with E-state index in [0.717, 1.165) is 86.5 Å². The SMILES string of the molecule is O=C(OCC12CCN(CC1)CC2)N1CCc2ccccc2C1.O=C(OCC12CCN(CC1)CC2)N1CCc2ccccc2[C@H]1c1ccc(OCc2cncnc2)cc1.c1ccc(OCc2cncnc2)cc1. The van der Waals surface area contributed by atoms with Crippen LogP contribution in [0.5, 0.6) is 11.5 Å². The molecule has 0 aliphatic carbocycles. The largest absolute Gasteiger partial charge is 0.489 e. The lowest BCUT2D eigenvalue weighted by Crippen LogP contribution is -2.51. The van der Waals surface area contributed by atoms with Gasteiger partial charge in [0.25, 0.3) is 0 Å². The van der Waals surface area contributed by atoms with Crippen LogP contribution in [0.1, 0.15) is 83.5 Å². The molecule has 2 amide bonds. The van der Waals surface area contributed by atoms with Gasteiger partial charge in [0.1, 0.15) is 37.4 Å². The van der Waals surface area contributed by atoms with Gasteiger partial charge in [0, 0.05) is 66.4 Å². The van der Waals surface area contributed by atoms with E-state index in [-0.39, 0.29) is 29.1 Å². The Bertz CT molecular complexity index is 2610. The van der Waals surface area contributed by atoms with Crippen LogP contribution in [0.2, 0.25) is 0 Å². The molecule has 2 aromatic heterocycles. The van der Waals surface area contributed by atoms with Gasteiger partial charge in [-0.1, -0.05) is 78.9 Å². The molecule has 0 unspecified atom stereocenters. The number of aromatic nitrogens is 4. The number of amides is 2. The second kappa shape index (κ2) is 23.1. The number of piperidine rings is 6.